The van der Waals surface area contributed by atoms with Crippen molar-refractivity contribution in [3.8, 4) is 0 Å². The Hall–Kier alpha value is -1.68. The lowest BCUT2D eigenvalue weighted by Gasteiger charge is -2.44. The summed E-state index contributed by atoms with van der Waals surface area (Å²) < 4.78 is 7.16. The molecule has 2 rings (SSSR count). The molecule has 0 aliphatic rings. The highest BCUT2D eigenvalue weighted by Gasteiger charge is 2.51. The van der Waals surface area contributed by atoms with E-state index in [1.807, 2.05) is 6.08 Å². The molecule has 3 heteroatoms. The predicted molar refractivity (Wildman–Crippen MR) is 132 cm³/mol. The molecule has 30 heavy (non-hydrogen) atoms. The third-order valence-corrected chi connectivity index (χ3v) is 11.0. The number of rotatable bonds is 13. The summed E-state index contributed by atoms with van der Waals surface area (Å²) >= 11 is 0. The first-order valence-electron chi connectivity index (χ1n) is 11.5. The Balaban J connectivity index is 2.23. The van der Waals surface area contributed by atoms with Crippen LogP contribution >= 0.6 is 0 Å². The molecule has 0 aromatic heterocycles. The van der Waals surface area contributed by atoms with Gasteiger partial charge in [-0.2, -0.15) is 0 Å². The van der Waals surface area contributed by atoms with Gasteiger partial charge in [-0.3, -0.25) is 0 Å². The lowest BCUT2D eigenvalue weighted by atomic mass is 10.1. The van der Waals surface area contributed by atoms with Crippen LogP contribution < -0.4 is 10.4 Å². The van der Waals surface area contributed by atoms with Gasteiger partial charge in [-0.05, 0) is 28.3 Å². The van der Waals surface area contributed by atoms with E-state index in [1.165, 1.54) is 29.6 Å². The summed E-state index contributed by atoms with van der Waals surface area (Å²) in [4.78, 5) is 0. The van der Waals surface area contributed by atoms with E-state index in [-0.39, 0.29) is 11.1 Å². The number of hydrogen-bond donors (Lipinski definition) is 1. The average Bonchev–Trinajstić information content (AvgIpc) is 2.75. The maximum atomic E-state index is 8.91. The third kappa shape index (κ3) is 6.41. The molecule has 164 valence electrons. The maximum absolute atomic E-state index is 8.91. The van der Waals surface area contributed by atoms with E-state index in [9.17, 15) is 0 Å². The van der Waals surface area contributed by atoms with Gasteiger partial charge in [-0.1, -0.05) is 120 Å². The normalized spacial score (nSPS) is 13.2. The highest BCUT2D eigenvalue weighted by Crippen LogP contribution is 2.38. The van der Waals surface area contributed by atoms with Crippen molar-refractivity contribution in [2.75, 3.05) is 6.61 Å². The largest absolute Gasteiger partial charge is 0.401 e. The van der Waals surface area contributed by atoms with Crippen LogP contribution in [0.2, 0.25) is 5.04 Å². The van der Waals surface area contributed by atoms with E-state index in [4.69, 9.17) is 9.53 Å². The Labute approximate surface area is 185 Å². The molecule has 0 saturated carbocycles. The third-order valence-electron chi connectivity index (χ3n) is 5.90. The van der Waals surface area contributed by atoms with Crippen LogP contribution in [0.25, 0.3) is 0 Å². The van der Waals surface area contributed by atoms with Crippen LogP contribution in [-0.2, 0) is 4.43 Å². The fraction of sp³-hybridized carbons (Fsp3) is 0.481. The number of unbranched alkanes of at least 4 members (excludes halogenated alkanes) is 5. The molecule has 0 aliphatic carbocycles. The van der Waals surface area contributed by atoms with Gasteiger partial charge in [-0.25, -0.2) is 0 Å². The lowest BCUT2D eigenvalue weighted by molar-refractivity contribution is 0.218. The zero-order valence-electron chi connectivity index (χ0n) is 19.1. The molecule has 0 aliphatic heterocycles. The van der Waals surface area contributed by atoms with Crippen LogP contribution in [0.15, 0.2) is 73.3 Å². The first kappa shape index (κ1) is 24.6. The van der Waals surface area contributed by atoms with Gasteiger partial charge in [0.1, 0.15) is 0 Å². The Morgan fingerprint density at radius 3 is 1.73 bits per heavy atom. The molecule has 0 radical (unpaired) electrons. The summed E-state index contributed by atoms with van der Waals surface area (Å²) in [6.45, 7) is 11.4. The van der Waals surface area contributed by atoms with Crippen molar-refractivity contribution < 1.29 is 9.53 Å². The fourth-order valence-corrected chi connectivity index (χ4v) is 8.99. The first-order chi connectivity index (χ1) is 14.5. The second-order valence-electron chi connectivity index (χ2n) is 9.19. The fourth-order valence-electron chi connectivity index (χ4n) is 4.31. The number of aliphatic hydroxyl groups excluding tert-OH is 1. The summed E-state index contributed by atoms with van der Waals surface area (Å²) in [6, 6.07) is 21.6. The first-order valence-corrected chi connectivity index (χ1v) is 13.4. The van der Waals surface area contributed by atoms with E-state index < -0.39 is 8.32 Å². The monoisotopic (exact) mass is 424 g/mol. The molecule has 0 amide bonds. The Bertz CT molecular complexity index is 682. The maximum Gasteiger partial charge on any atom is 0.261 e. The van der Waals surface area contributed by atoms with Gasteiger partial charge in [-0.15, -0.1) is 6.58 Å². The van der Waals surface area contributed by atoms with E-state index in [0.717, 1.165) is 25.7 Å². The second kappa shape index (κ2) is 12.2. The van der Waals surface area contributed by atoms with E-state index >= 15 is 0 Å². The van der Waals surface area contributed by atoms with Crippen molar-refractivity contribution in [1.82, 2.24) is 0 Å². The molecule has 2 nitrogen and oxygen atoms in total. The quantitative estimate of drug-likeness (QED) is 0.249. The summed E-state index contributed by atoms with van der Waals surface area (Å²) in [5, 5.41) is 11.5. The van der Waals surface area contributed by atoms with Crippen molar-refractivity contribution in [1.29, 1.82) is 0 Å². The van der Waals surface area contributed by atoms with Gasteiger partial charge >= 0.3 is 0 Å². The van der Waals surface area contributed by atoms with Gasteiger partial charge < -0.3 is 9.53 Å². The van der Waals surface area contributed by atoms with Crippen molar-refractivity contribution >= 4 is 18.7 Å². The van der Waals surface area contributed by atoms with Gasteiger partial charge in [0.15, 0.2) is 0 Å². The predicted octanol–water partition coefficient (Wildman–Crippen LogP) is 5.84. The molecule has 0 saturated heterocycles. The van der Waals surface area contributed by atoms with E-state index in [0.29, 0.717) is 6.61 Å². The Kier molecular flexibility index (Phi) is 10.0. The standard InChI is InChI=1S/C27H40O2Si/c1-5-24(18-12-8-6-7-9-17-23-28)29-30(27(2,3)4,25-19-13-10-14-20-25)26-21-15-11-16-22-26/h5,10-11,13-16,19-22,24,28H,1,6-9,12,17-18,23H2,2-4H3/t24-/m0/s1. The zero-order valence-corrected chi connectivity index (χ0v) is 20.1. The Morgan fingerprint density at radius 2 is 1.30 bits per heavy atom. The highest BCUT2D eigenvalue weighted by molar-refractivity contribution is 6.99. The summed E-state index contributed by atoms with van der Waals surface area (Å²) in [5.41, 5.74) is 0. The van der Waals surface area contributed by atoms with Crippen LogP contribution in [0.4, 0.5) is 0 Å². The van der Waals surface area contributed by atoms with Crippen LogP contribution in [0.3, 0.4) is 0 Å². The minimum atomic E-state index is -2.52. The van der Waals surface area contributed by atoms with Crippen LogP contribution in [0.5, 0.6) is 0 Å². The second-order valence-corrected chi connectivity index (χ2v) is 13.4. The number of aliphatic hydroxyl groups is 1. The van der Waals surface area contributed by atoms with Crippen LogP contribution in [0.1, 0.15) is 65.7 Å². The van der Waals surface area contributed by atoms with Gasteiger partial charge in [0, 0.05) is 6.61 Å². The highest BCUT2D eigenvalue weighted by atomic mass is 28.4. The van der Waals surface area contributed by atoms with Crippen LogP contribution in [-0.4, -0.2) is 26.1 Å². The molecule has 2 aromatic rings. The number of benzene rings is 2. The van der Waals surface area contributed by atoms with Gasteiger partial charge in [0.25, 0.3) is 8.32 Å². The molecule has 0 fully saturated rings. The van der Waals surface area contributed by atoms with Crippen molar-refractivity contribution in [3.05, 3.63) is 73.3 Å². The Morgan fingerprint density at radius 1 is 0.833 bits per heavy atom. The average molecular weight is 425 g/mol. The molecule has 0 bridgehead atoms. The molecule has 0 spiro atoms. The summed E-state index contributed by atoms with van der Waals surface area (Å²) in [7, 11) is -2.52. The van der Waals surface area contributed by atoms with Crippen molar-refractivity contribution in [3.63, 3.8) is 0 Å². The van der Waals surface area contributed by atoms with Gasteiger partial charge in [0.2, 0.25) is 0 Å². The zero-order chi connectivity index (χ0) is 21.9. The molecule has 1 N–H and O–H groups in total. The molecule has 2 aromatic carbocycles. The van der Waals surface area contributed by atoms with Crippen molar-refractivity contribution in [2.24, 2.45) is 0 Å². The van der Waals surface area contributed by atoms with Gasteiger partial charge in [0.05, 0.1) is 6.10 Å². The van der Waals surface area contributed by atoms with Crippen LogP contribution in [0, 0.1) is 0 Å². The molecule has 0 heterocycles. The molecule has 1 atom stereocenters. The minimum absolute atomic E-state index is 0.0126. The SMILES string of the molecule is C=C[C@@H](CCCCCCCCO)O[Si](c1ccccc1)(c1ccccc1)C(C)(C)C. The molecular formula is C27H40O2Si. The topological polar surface area (TPSA) is 29.5 Å². The van der Waals surface area contributed by atoms with E-state index in [1.54, 1.807) is 0 Å². The smallest absolute Gasteiger partial charge is 0.261 e. The van der Waals surface area contributed by atoms with Crippen molar-refractivity contribution in [2.45, 2.75) is 76.9 Å². The van der Waals surface area contributed by atoms with E-state index in [2.05, 4.69) is 88.0 Å². The molecule has 0 unspecified atom stereocenters. The lowest BCUT2D eigenvalue weighted by Crippen LogP contribution is -2.67. The minimum Gasteiger partial charge on any atom is -0.401 e. The molecular weight excluding hydrogens is 384 g/mol. The number of hydrogen-bond acceptors (Lipinski definition) is 2. The summed E-state index contributed by atoms with van der Waals surface area (Å²) in [5.74, 6) is 0. The summed E-state index contributed by atoms with van der Waals surface area (Å²) in [6.07, 6.45) is 9.89.